The van der Waals surface area contributed by atoms with E-state index in [0.717, 1.165) is 24.2 Å². The van der Waals surface area contributed by atoms with Crippen LogP contribution in [-0.4, -0.2) is 17.4 Å². The Morgan fingerprint density at radius 1 is 1.29 bits per heavy atom. The quantitative estimate of drug-likeness (QED) is 0.883. The zero-order valence-electron chi connectivity index (χ0n) is 12.1. The van der Waals surface area contributed by atoms with E-state index in [0.29, 0.717) is 0 Å². The Morgan fingerprint density at radius 2 is 2.10 bits per heavy atom. The molecule has 1 amide bonds. The number of hydrogen-bond donors (Lipinski definition) is 2. The highest BCUT2D eigenvalue weighted by Gasteiger charge is 2.11. The molecule has 4 nitrogen and oxygen atoms in total. The fourth-order valence-corrected chi connectivity index (χ4v) is 1.84. The van der Waals surface area contributed by atoms with Gasteiger partial charge in [-0.15, -0.1) is 0 Å². The summed E-state index contributed by atoms with van der Waals surface area (Å²) in [5.74, 6) is -0.887. The molecule has 0 radical (unpaired) electrons. The van der Waals surface area contributed by atoms with Gasteiger partial charge in [0.25, 0.3) is 5.91 Å². The number of anilines is 2. The van der Waals surface area contributed by atoms with Gasteiger partial charge in [-0.25, -0.2) is 4.39 Å². The van der Waals surface area contributed by atoms with Crippen LogP contribution in [0.3, 0.4) is 0 Å². The van der Waals surface area contributed by atoms with Gasteiger partial charge in [-0.2, -0.15) is 0 Å². The Balaban J connectivity index is 2.12. The van der Waals surface area contributed by atoms with Gasteiger partial charge in [0.2, 0.25) is 0 Å². The van der Waals surface area contributed by atoms with Crippen LogP contribution in [0.5, 0.6) is 0 Å². The number of hydrogen-bond acceptors (Lipinski definition) is 3. The molecule has 5 heteroatoms. The molecule has 2 aromatic rings. The summed E-state index contributed by atoms with van der Waals surface area (Å²) < 4.78 is 13.7. The van der Waals surface area contributed by atoms with Crippen molar-refractivity contribution < 1.29 is 9.18 Å². The van der Waals surface area contributed by atoms with E-state index in [9.17, 15) is 9.18 Å². The summed E-state index contributed by atoms with van der Waals surface area (Å²) in [6.45, 7) is 4.67. The molecule has 0 saturated heterocycles. The summed E-state index contributed by atoms with van der Waals surface area (Å²) in [6.07, 6.45) is 2.54. The molecule has 0 spiro atoms. The van der Waals surface area contributed by atoms with Gasteiger partial charge in [0.05, 0.1) is 5.69 Å². The van der Waals surface area contributed by atoms with Crippen LogP contribution >= 0.6 is 0 Å². The monoisotopic (exact) mass is 287 g/mol. The molecule has 1 heterocycles. The van der Waals surface area contributed by atoms with Gasteiger partial charge >= 0.3 is 0 Å². The van der Waals surface area contributed by atoms with Crippen LogP contribution in [0.1, 0.15) is 29.4 Å². The molecular formula is C16H18FN3O. The molecule has 2 rings (SSSR count). The van der Waals surface area contributed by atoms with Crippen molar-refractivity contribution in [1.82, 2.24) is 4.98 Å². The molecule has 0 aliphatic heterocycles. The first kappa shape index (κ1) is 15.0. The SMILES string of the molecule is CCCNc1ccnc(C(=O)Nc2ccc(C)cc2F)c1. The molecule has 0 aliphatic carbocycles. The second kappa shape index (κ2) is 6.83. The van der Waals surface area contributed by atoms with Gasteiger partial charge in [-0.1, -0.05) is 13.0 Å². The summed E-state index contributed by atoms with van der Waals surface area (Å²) >= 11 is 0. The molecule has 0 saturated carbocycles. The van der Waals surface area contributed by atoms with Gasteiger partial charge in [0.1, 0.15) is 11.5 Å². The Kier molecular flexibility index (Phi) is 4.87. The second-order valence-corrected chi connectivity index (χ2v) is 4.79. The van der Waals surface area contributed by atoms with Gasteiger partial charge < -0.3 is 10.6 Å². The maximum Gasteiger partial charge on any atom is 0.274 e. The Morgan fingerprint density at radius 3 is 2.81 bits per heavy atom. The van der Waals surface area contributed by atoms with E-state index in [4.69, 9.17) is 0 Å². The van der Waals surface area contributed by atoms with Crippen molar-refractivity contribution >= 4 is 17.3 Å². The minimum absolute atomic E-state index is 0.152. The molecule has 0 unspecified atom stereocenters. The number of aryl methyl sites for hydroxylation is 1. The third kappa shape index (κ3) is 4.02. The number of rotatable bonds is 5. The average molecular weight is 287 g/mol. The fourth-order valence-electron chi connectivity index (χ4n) is 1.84. The predicted molar refractivity (Wildman–Crippen MR) is 82.1 cm³/mol. The second-order valence-electron chi connectivity index (χ2n) is 4.79. The summed E-state index contributed by atoms with van der Waals surface area (Å²) in [5.41, 5.74) is 2.02. The molecular weight excluding hydrogens is 269 g/mol. The largest absolute Gasteiger partial charge is 0.385 e. The Bertz CT molecular complexity index is 643. The number of pyridine rings is 1. The molecule has 1 aromatic heterocycles. The van der Waals surface area contributed by atoms with E-state index in [-0.39, 0.29) is 11.4 Å². The molecule has 0 bridgehead atoms. The van der Waals surface area contributed by atoms with Crippen molar-refractivity contribution in [3.63, 3.8) is 0 Å². The summed E-state index contributed by atoms with van der Waals surface area (Å²) in [4.78, 5) is 16.1. The number of aromatic nitrogens is 1. The lowest BCUT2D eigenvalue weighted by Gasteiger charge is -2.08. The summed E-state index contributed by atoms with van der Waals surface area (Å²) in [5, 5.41) is 5.71. The molecule has 2 N–H and O–H groups in total. The van der Waals surface area contributed by atoms with E-state index in [1.807, 2.05) is 0 Å². The van der Waals surface area contributed by atoms with Crippen LogP contribution in [0.2, 0.25) is 0 Å². The van der Waals surface area contributed by atoms with Crippen molar-refractivity contribution in [3.05, 3.63) is 53.6 Å². The van der Waals surface area contributed by atoms with Crippen LogP contribution in [-0.2, 0) is 0 Å². The zero-order valence-corrected chi connectivity index (χ0v) is 12.1. The van der Waals surface area contributed by atoms with Crippen molar-refractivity contribution in [3.8, 4) is 0 Å². The Labute approximate surface area is 123 Å². The number of carbonyl (C=O) groups is 1. The third-order valence-electron chi connectivity index (χ3n) is 2.94. The smallest absolute Gasteiger partial charge is 0.274 e. The topological polar surface area (TPSA) is 54.0 Å². The maximum absolute atomic E-state index is 13.7. The number of benzene rings is 1. The summed E-state index contributed by atoms with van der Waals surface area (Å²) in [7, 11) is 0. The number of halogens is 1. The molecule has 0 fully saturated rings. The average Bonchev–Trinajstić information content (AvgIpc) is 2.48. The van der Waals surface area contributed by atoms with Crippen molar-refractivity contribution in [2.45, 2.75) is 20.3 Å². The van der Waals surface area contributed by atoms with Gasteiger partial charge in [-0.05, 0) is 43.2 Å². The summed E-state index contributed by atoms with van der Waals surface area (Å²) in [6, 6.07) is 8.10. The minimum atomic E-state index is -0.455. The molecule has 110 valence electrons. The molecule has 0 aliphatic rings. The highest BCUT2D eigenvalue weighted by atomic mass is 19.1. The molecule has 1 aromatic carbocycles. The highest BCUT2D eigenvalue weighted by Crippen LogP contribution is 2.16. The van der Waals surface area contributed by atoms with Crippen molar-refractivity contribution in [1.29, 1.82) is 0 Å². The predicted octanol–water partition coefficient (Wildman–Crippen LogP) is 3.60. The first-order chi connectivity index (χ1) is 10.1. The zero-order chi connectivity index (χ0) is 15.2. The third-order valence-corrected chi connectivity index (χ3v) is 2.94. The van der Waals surface area contributed by atoms with Crippen molar-refractivity contribution in [2.24, 2.45) is 0 Å². The molecule has 0 atom stereocenters. The number of amides is 1. The van der Waals surface area contributed by atoms with E-state index in [1.165, 1.54) is 6.07 Å². The van der Waals surface area contributed by atoms with E-state index >= 15 is 0 Å². The fraction of sp³-hybridized carbons (Fsp3) is 0.250. The van der Waals surface area contributed by atoms with Gasteiger partial charge in [0.15, 0.2) is 0 Å². The lowest BCUT2D eigenvalue weighted by Crippen LogP contribution is -2.15. The molecule has 21 heavy (non-hydrogen) atoms. The number of carbonyl (C=O) groups excluding carboxylic acids is 1. The van der Waals surface area contributed by atoms with Crippen LogP contribution in [0.25, 0.3) is 0 Å². The highest BCUT2D eigenvalue weighted by molar-refractivity contribution is 6.03. The van der Waals surface area contributed by atoms with Gasteiger partial charge in [-0.3, -0.25) is 9.78 Å². The lowest BCUT2D eigenvalue weighted by atomic mass is 10.2. The van der Waals surface area contributed by atoms with Crippen molar-refractivity contribution in [2.75, 3.05) is 17.2 Å². The van der Waals surface area contributed by atoms with E-state index in [1.54, 1.807) is 37.4 Å². The number of nitrogens with one attached hydrogen (secondary N) is 2. The number of nitrogens with zero attached hydrogens (tertiary/aromatic N) is 1. The van der Waals surface area contributed by atoms with E-state index < -0.39 is 11.7 Å². The van der Waals surface area contributed by atoms with Crippen LogP contribution in [0, 0.1) is 12.7 Å². The van der Waals surface area contributed by atoms with Crippen LogP contribution < -0.4 is 10.6 Å². The minimum Gasteiger partial charge on any atom is -0.385 e. The van der Waals surface area contributed by atoms with Gasteiger partial charge in [0, 0.05) is 18.4 Å². The lowest BCUT2D eigenvalue weighted by molar-refractivity contribution is 0.102. The maximum atomic E-state index is 13.7. The van der Waals surface area contributed by atoms with E-state index in [2.05, 4.69) is 22.5 Å². The Hall–Kier alpha value is -2.43. The van der Waals surface area contributed by atoms with Crippen LogP contribution in [0.15, 0.2) is 36.5 Å². The standard InChI is InChI=1S/C16H18FN3O/c1-3-7-18-12-6-8-19-15(10-12)16(21)20-14-5-4-11(2)9-13(14)17/h4-6,8-10H,3,7H2,1-2H3,(H,18,19)(H,20,21). The van der Waals surface area contributed by atoms with Crippen LogP contribution in [0.4, 0.5) is 15.8 Å². The first-order valence-corrected chi connectivity index (χ1v) is 6.87. The first-order valence-electron chi connectivity index (χ1n) is 6.87. The normalized spacial score (nSPS) is 10.2.